The van der Waals surface area contributed by atoms with E-state index in [9.17, 15) is 4.79 Å². The van der Waals surface area contributed by atoms with Crippen molar-refractivity contribution in [1.82, 2.24) is 10.2 Å². The molecule has 1 aliphatic rings. The van der Waals surface area contributed by atoms with Crippen LogP contribution in [0.4, 0.5) is 0 Å². The van der Waals surface area contributed by atoms with Crippen LogP contribution in [0.2, 0.25) is 5.02 Å². The molecular weight excluding hydrogens is 496 g/mol. The molecule has 2 aromatic carbocycles. The van der Waals surface area contributed by atoms with Crippen molar-refractivity contribution in [3.05, 3.63) is 88.8 Å². The van der Waals surface area contributed by atoms with E-state index in [4.69, 9.17) is 20.8 Å². The number of hydrogen-bond donors (Lipinski definition) is 1. The standard InChI is InChI=1S/C32H41ClN2O3/c1-3-9-28(15-13-25(4-2)30-12-8-21-37-30)38-31-16-14-26(22-29(31)33)32(36)34-27-17-19-35(20-18-27)23-24-10-6-5-7-11-24/h5-8,10-12,14,16,21-22,25,27-28H,3-4,9,13,15,17-20,23H2,1-2H3,(H,34,36). The Kier molecular flexibility index (Phi) is 10.7. The predicted molar refractivity (Wildman–Crippen MR) is 154 cm³/mol. The lowest BCUT2D eigenvalue weighted by atomic mass is 9.94. The first-order chi connectivity index (χ1) is 18.6. The van der Waals surface area contributed by atoms with Crippen LogP contribution in [0, 0.1) is 0 Å². The fraction of sp³-hybridized carbons (Fsp3) is 0.469. The first-order valence-electron chi connectivity index (χ1n) is 14.1. The van der Waals surface area contributed by atoms with Crippen LogP contribution in [0.25, 0.3) is 0 Å². The highest BCUT2D eigenvalue weighted by molar-refractivity contribution is 6.32. The summed E-state index contributed by atoms with van der Waals surface area (Å²) in [5.74, 6) is 1.99. The molecule has 1 N–H and O–H groups in total. The molecule has 1 fully saturated rings. The molecule has 4 rings (SSSR count). The fourth-order valence-corrected chi connectivity index (χ4v) is 5.53. The molecule has 1 aliphatic heterocycles. The van der Waals surface area contributed by atoms with Gasteiger partial charge < -0.3 is 14.5 Å². The van der Waals surface area contributed by atoms with Gasteiger partial charge in [0.1, 0.15) is 11.5 Å². The van der Waals surface area contributed by atoms with Crippen LogP contribution in [0.15, 0.2) is 71.3 Å². The number of halogens is 1. The Morgan fingerprint density at radius 3 is 2.50 bits per heavy atom. The number of carbonyl (C=O) groups is 1. The molecule has 0 spiro atoms. The van der Waals surface area contributed by atoms with E-state index in [0.717, 1.165) is 70.3 Å². The van der Waals surface area contributed by atoms with Gasteiger partial charge in [-0.25, -0.2) is 0 Å². The number of likely N-dealkylation sites (tertiary alicyclic amines) is 1. The van der Waals surface area contributed by atoms with Crippen molar-refractivity contribution in [3.8, 4) is 5.75 Å². The normalized spacial score (nSPS) is 16.2. The van der Waals surface area contributed by atoms with Crippen LogP contribution < -0.4 is 10.1 Å². The lowest BCUT2D eigenvalue weighted by Gasteiger charge is -2.32. The highest BCUT2D eigenvalue weighted by Crippen LogP contribution is 2.31. The summed E-state index contributed by atoms with van der Waals surface area (Å²) in [5.41, 5.74) is 1.90. The average molecular weight is 537 g/mol. The number of furan rings is 1. The molecule has 6 heteroatoms. The van der Waals surface area contributed by atoms with E-state index < -0.39 is 0 Å². The maximum absolute atomic E-state index is 13.0. The Morgan fingerprint density at radius 1 is 1.05 bits per heavy atom. The number of amides is 1. The molecule has 38 heavy (non-hydrogen) atoms. The SMILES string of the molecule is CCCC(CCC(CC)c1ccco1)Oc1ccc(C(=O)NC2CCN(Cc3ccccc3)CC2)cc1Cl. The average Bonchev–Trinajstić information content (AvgIpc) is 3.47. The second-order valence-electron chi connectivity index (χ2n) is 10.4. The molecule has 2 heterocycles. The van der Waals surface area contributed by atoms with Gasteiger partial charge in [0.2, 0.25) is 0 Å². The summed E-state index contributed by atoms with van der Waals surface area (Å²) >= 11 is 6.60. The van der Waals surface area contributed by atoms with Crippen molar-refractivity contribution in [2.24, 2.45) is 0 Å². The summed E-state index contributed by atoms with van der Waals surface area (Å²) in [6, 6.07) is 20.1. The van der Waals surface area contributed by atoms with Gasteiger partial charge >= 0.3 is 0 Å². The third kappa shape index (κ3) is 8.12. The lowest BCUT2D eigenvalue weighted by Crippen LogP contribution is -2.44. The van der Waals surface area contributed by atoms with E-state index >= 15 is 0 Å². The van der Waals surface area contributed by atoms with Crippen molar-refractivity contribution in [2.75, 3.05) is 13.1 Å². The fourth-order valence-electron chi connectivity index (χ4n) is 5.31. The van der Waals surface area contributed by atoms with Crippen LogP contribution in [-0.2, 0) is 6.54 Å². The predicted octanol–water partition coefficient (Wildman–Crippen LogP) is 7.85. The van der Waals surface area contributed by atoms with Crippen molar-refractivity contribution in [3.63, 3.8) is 0 Å². The maximum Gasteiger partial charge on any atom is 0.251 e. The van der Waals surface area contributed by atoms with Crippen molar-refractivity contribution >= 4 is 17.5 Å². The molecule has 1 aromatic heterocycles. The first-order valence-corrected chi connectivity index (χ1v) is 14.5. The number of nitrogens with zero attached hydrogens (tertiary/aromatic N) is 1. The zero-order valence-corrected chi connectivity index (χ0v) is 23.5. The van der Waals surface area contributed by atoms with Gasteiger partial charge in [0, 0.05) is 37.2 Å². The number of hydrogen-bond acceptors (Lipinski definition) is 4. The summed E-state index contributed by atoms with van der Waals surface area (Å²) in [6.45, 7) is 7.27. The lowest BCUT2D eigenvalue weighted by molar-refractivity contribution is 0.0909. The van der Waals surface area contributed by atoms with Gasteiger partial charge in [0.15, 0.2) is 0 Å². The largest absolute Gasteiger partial charge is 0.489 e. The molecular formula is C32H41ClN2O3. The van der Waals surface area contributed by atoms with Gasteiger partial charge in [-0.1, -0.05) is 62.2 Å². The van der Waals surface area contributed by atoms with E-state index in [2.05, 4.69) is 54.4 Å². The van der Waals surface area contributed by atoms with Gasteiger partial charge in [-0.05, 0) is 74.4 Å². The Balaban J connectivity index is 1.27. The summed E-state index contributed by atoms with van der Waals surface area (Å²) in [5, 5.41) is 3.69. The molecule has 0 bridgehead atoms. The van der Waals surface area contributed by atoms with Crippen molar-refractivity contribution in [2.45, 2.75) is 83.4 Å². The monoisotopic (exact) mass is 536 g/mol. The minimum absolute atomic E-state index is 0.0715. The van der Waals surface area contributed by atoms with Crippen LogP contribution in [0.5, 0.6) is 5.75 Å². The number of benzene rings is 2. The van der Waals surface area contributed by atoms with Gasteiger partial charge in [0.25, 0.3) is 5.91 Å². The highest BCUT2D eigenvalue weighted by atomic mass is 35.5. The van der Waals surface area contributed by atoms with E-state index in [0.29, 0.717) is 22.3 Å². The Morgan fingerprint density at radius 2 is 1.84 bits per heavy atom. The summed E-state index contributed by atoms with van der Waals surface area (Å²) in [7, 11) is 0. The third-order valence-corrected chi connectivity index (χ3v) is 7.84. The quantitative estimate of drug-likeness (QED) is 0.241. The van der Waals surface area contributed by atoms with Crippen LogP contribution >= 0.6 is 11.6 Å². The number of ether oxygens (including phenoxy) is 1. The number of nitrogens with one attached hydrogen (secondary N) is 1. The van der Waals surface area contributed by atoms with Gasteiger partial charge in [-0.15, -0.1) is 0 Å². The summed E-state index contributed by atoms with van der Waals surface area (Å²) < 4.78 is 12.0. The molecule has 204 valence electrons. The van der Waals surface area contributed by atoms with E-state index in [1.54, 1.807) is 12.3 Å². The minimum atomic E-state index is -0.0747. The molecule has 0 aliphatic carbocycles. The molecule has 5 nitrogen and oxygen atoms in total. The molecule has 1 saturated heterocycles. The molecule has 2 unspecified atom stereocenters. The first kappa shape index (κ1) is 28.3. The van der Waals surface area contributed by atoms with E-state index in [-0.39, 0.29) is 18.1 Å². The van der Waals surface area contributed by atoms with Gasteiger partial charge in [-0.2, -0.15) is 0 Å². The maximum atomic E-state index is 13.0. The van der Waals surface area contributed by atoms with E-state index in [1.807, 2.05) is 24.3 Å². The summed E-state index contributed by atoms with van der Waals surface area (Å²) in [4.78, 5) is 15.4. The smallest absolute Gasteiger partial charge is 0.251 e. The number of carbonyl (C=O) groups excluding carboxylic acids is 1. The highest BCUT2D eigenvalue weighted by Gasteiger charge is 2.22. The van der Waals surface area contributed by atoms with E-state index in [1.165, 1.54) is 5.56 Å². The third-order valence-electron chi connectivity index (χ3n) is 7.55. The van der Waals surface area contributed by atoms with Gasteiger partial charge in [0.05, 0.1) is 17.4 Å². The van der Waals surface area contributed by atoms with Crippen molar-refractivity contribution in [1.29, 1.82) is 0 Å². The van der Waals surface area contributed by atoms with Crippen LogP contribution in [0.3, 0.4) is 0 Å². The Bertz CT molecular complexity index is 1110. The van der Waals surface area contributed by atoms with Crippen molar-refractivity contribution < 1.29 is 13.9 Å². The number of piperidine rings is 1. The van der Waals surface area contributed by atoms with Crippen LogP contribution in [0.1, 0.15) is 86.4 Å². The molecule has 1 amide bonds. The molecule has 0 saturated carbocycles. The second kappa shape index (κ2) is 14.4. The van der Waals surface area contributed by atoms with Gasteiger partial charge in [-0.3, -0.25) is 9.69 Å². The summed E-state index contributed by atoms with van der Waals surface area (Å²) in [6.07, 6.45) is 8.65. The topological polar surface area (TPSA) is 54.7 Å². The Hall–Kier alpha value is -2.76. The second-order valence-corrected chi connectivity index (χ2v) is 10.8. The molecule has 3 aromatic rings. The zero-order valence-electron chi connectivity index (χ0n) is 22.7. The van der Waals surface area contributed by atoms with Crippen LogP contribution in [-0.4, -0.2) is 36.0 Å². The molecule has 0 radical (unpaired) electrons. The minimum Gasteiger partial charge on any atom is -0.489 e. The Labute approximate surface area is 232 Å². The molecule has 2 atom stereocenters. The number of rotatable bonds is 13. The zero-order chi connectivity index (χ0) is 26.7.